The van der Waals surface area contributed by atoms with Crippen molar-refractivity contribution in [1.82, 2.24) is 10.6 Å². The molecule has 1 unspecified atom stereocenters. The van der Waals surface area contributed by atoms with E-state index in [1.807, 2.05) is 6.92 Å². The third kappa shape index (κ3) is 2.74. The molecule has 3 heteroatoms. The summed E-state index contributed by atoms with van der Waals surface area (Å²) in [6.45, 7) is 4.33. The topological polar surface area (TPSA) is 41.1 Å². The minimum atomic E-state index is -0.159. The van der Waals surface area contributed by atoms with Gasteiger partial charge in [-0.05, 0) is 33.1 Å². The van der Waals surface area contributed by atoms with Gasteiger partial charge in [0.15, 0.2) is 0 Å². The van der Waals surface area contributed by atoms with Crippen LogP contribution in [0.3, 0.4) is 0 Å². The summed E-state index contributed by atoms with van der Waals surface area (Å²) in [6, 6.07) is -0.159. The maximum Gasteiger partial charge on any atom is 0.237 e. The molecule has 0 radical (unpaired) electrons. The fraction of sp³-hybridized carbons (Fsp3) is 0.727. The first-order chi connectivity index (χ1) is 6.57. The van der Waals surface area contributed by atoms with Gasteiger partial charge in [0, 0.05) is 5.54 Å². The lowest BCUT2D eigenvalue weighted by molar-refractivity contribution is -0.123. The van der Waals surface area contributed by atoms with Crippen molar-refractivity contribution in [2.75, 3.05) is 6.54 Å². The van der Waals surface area contributed by atoms with Crippen molar-refractivity contribution in [2.24, 2.45) is 0 Å². The van der Waals surface area contributed by atoms with Crippen molar-refractivity contribution >= 4 is 5.91 Å². The van der Waals surface area contributed by atoms with Crippen LogP contribution in [0.5, 0.6) is 0 Å². The van der Waals surface area contributed by atoms with Crippen LogP contribution in [0, 0.1) is 12.3 Å². The molecule has 0 bridgehead atoms. The molecule has 1 aliphatic carbocycles. The average molecular weight is 194 g/mol. The molecule has 1 atom stereocenters. The summed E-state index contributed by atoms with van der Waals surface area (Å²) in [7, 11) is 0. The first-order valence-electron chi connectivity index (χ1n) is 5.06. The molecule has 78 valence electrons. The summed E-state index contributed by atoms with van der Waals surface area (Å²) < 4.78 is 0. The smallest absolute Gasteiger partial charge is 0.237 e. The van der Waals surface area contributed by atoms with Gasteiger partial charge in [0.05, 0.1) is 12.6 Å². The number of carbonyl (C=O) groups is 1. The Labute approximate surface area is 85.6 Å². The molecule has 0 spiro atoms. The molecule has 14 heavy (non-hydrogen) atoms. The van der Waals surface area contributed by atoms with E-state index in [1.165, 1.54) is 6.42 Å². The van der Waals surface area contributed by atoms with E-state index in [9.17, 15) is 4.79 Å². The standard InChI is InChI=1S/C11H18N2O/c1-4-8-12-10(14)9(2)13-11(3)6-5-7-11/h1,9,13H,5-8H2,2-3H3,(H,12,14). The van der Waals surface area contributed by atoms with E-state index in [0.717, 1.165) is 12.8 Å². The number of terminal acetylenes is 1. The lowest BCUT2D eigenvalue weighted by atomic mass is 9.78. The van der Waals surface area contributed by atoms with E-state index in [2.05, 4.69) is 23.5 Å². The Balaban J connectivity index is 2.30. The van der Waals surface area contributed by atoms with Gasteiger partial charge in [0.2, 0.25) is 5.91 Å². The minimum Gasteiger partial charge on any atom is -0.344 e. The molecule has 1 rings (SSSR count). The Morgan fingerprint density at radius 1 is 1.64 bits per heavy atom. The summed E-state index contributed by atoms with van der Waals surface area (Å²) in [6.07, 6.45) is 8.61. The van der Waals surface area contributed by atoms with E-state index in [0.29, 0.717) is 6.54 Å². The number of amides is 1. The van der Waals surface area contributed by atoms with Crippen LogP contribution in [-0.4, -0.2) is 24.0 Å². The van der Waals surface area contributed by atoms with Crippen LogP contribution in [0.1, 0.15) is 33.1 Å². The van der Waals surface area contributed by atoms with E-state index in [-0.39, 0.29) is 17.5 Å². The summed E-state index contributed by atoms with van der Waals surface area (Å²) in [4.78, 5) is 11.5. The maximum atomic E-state index is 11.5. The predicted octanol–water partition coefficient (Wildman–Crippen LogP) is 0.656. The lowest BCUT2D eigenvalue weighted by Gasteiger charge is -2.41. The molecular weight excluding hydrogens is 176 g/mol. The van der Waals surface area contributed by atoms with Gasteiger partial charge < -0.3 is 10.6 Å². The quantitative estimate of drug-likeness (QED) is 0.645. The van der Waals surface area contributed by atoms with Gasteiger partial charge in [0.1, 0.15) is 0 Å². The second-order valence-corrected chi connectivity index (χ2v) is 4.20. The Bertz CT molecular complexity index is 251. The number of rotatable bonds is 4. The number of carbonyl (C=O) groups excluding carboxylic acids is 1. The first kappa shape index (κ1) is 11.1. The molecule has 3 nitrogen and oxygen atoms in total. The van der Waals surface area contributed by atoms with Gasteiger partial charge in [-0.25, -0.2) is 0 Å². The van der Waals surface area contributed by atoms with Crippen molar-refractivity contribution in [3.05, 3.63) is 0 Å². The number of hydrogen-bond acceptors (Lipinski definition) is 2. The van der Waals surface area contributed by atoms with Crippen molar-refractivity contribution in [1.29, 1.82) is 0 Å². The van der Waals surface area contributed by atoms with E-state index < -0.39 is 0 Å². The Kier molecular flexibility index (Phi) is 3.54. The Hall–Kier alpha value is -1.01. The highest BCUT2D eigenvalue weighted by molar-refractivity contribution is 5.81. The Morgan fingerprint density at radius 2 is 2.29 bits per heavy atom. The summed E-state index contributed by atoms with van der Waals surface area (Å²) in [5.74, 6) is 2.37. The van der Waals surface area contributed by atoms with Gasteiger partial charge >= 0.3 is 0 Å². The second-order valence-electron chi connectivity index (χ2n) is 4.20. The zero-order valence-electron chi connectivity index (χ0n) is 8.89. The fourth-order valence-electron chi connectivity index (χ4n) is 1.73. The van der Waals surface area contributed by atoms with Crippen LogP contribution in [-0.2, 0) is 4.79 Å². The normalized spacial score (nSPS) is 20.4. The molecule has 0 aliphatic heterocycles. The summed E-state index contributed by atoms with van der Waals surface area (Å²) in [5, 5.41) is 5.99. The van der Waals surface area contributed by atoms with Gasteiger partial charge in [-0.15, -0.1) is 6.42 Å². The highest BCUT2D eigenvalue weighted by atomic mass is 16.2. The molecular formula is C11H18N2O. The van der Waals surface area contributed by atoms with Gasteiger partial charge in [0.25, 0.3) is 0 Å². The minimum absolute atomic E-state index is 0.0175. The van der Waals surface area contributed by atoms with Crippen LogP contribution in [0.25, 0.3) is 0 Å². The molecule has 0 aromatic heterocycles. The highest BCUT2D eigenvalue weighted by Crippen LogP contribution is 2.31. The van der Waals surface area contributed by atoms with Crippen LogP contribution in [0.4, 0.5) is 0 Å². The Morgan fingerprint density at radius 3 is 2.71 bits per heavy atom. The molecule has 1 amide bonds. The van der Waals surface area contributed by atoms with E-state index >= 15 is 0 Å². The van der Waals surface area contributed by atoms with Crippen molar-refractivity contribution in [2.45, 2.75) is 44.7 Å². The van der Waals surface area contributed by atoms with Gasteiger partial charge in [-0.1, -0.05) is 5.92 Å². The average Bonchev–Trinajstić information content (AvgIpc) is 2.11. The highest BCUT2D eigenvalue weighted by Gasteiger charge is 2.33. The molecule has 0 saturated heterocycles. The van der Waals surface area contributed by atoms with E-state index in [4.69, 9.17) is 6.42 Å². The molecule has 0 aromatic carbocycles. The fourth-order valence-corrected chi connectivity index (χ4v) is 1.73. The van der Waals surface area contributed by atoms with Gasteiger partial charge in [-0.3, -0.25) is 4.79 Å². The van der Waals surface area contributed by atoms with Crippen molar-refractivity contribution in [3.63, 3.8) is 0 Å². The van der Waals surface area contributed by atoms with Crippen LogP contribution in [0.2, 0.25) is 0 Å². The predicted molar refractivity (Wildman–Crippen MR) is 56.7 cm³/mol. The first-order valence-corrected chi connectivity index (χ1v) is 5.06. The molecule has 1 fully saturated rings. The second kappa shape index (κ2) is 4.47. The van der Waals surface area contributed by atoms with Crippen LogP contribution in [0.15, 0.2) is 0 Å². The summed E-state index contributed by atoms with van der Waals surface area (Å²) in [5.41, 5.74) is 0.160. The van der Waals surface area contributed by atoms with Crippen LogP contribution >= 0.6 is 0 Å². The molecule has 2 N–H and O–H groups in total. The van der Waals surface area contributed by atoms with E-state index in [1.54, 1.807) is 0 Å². The third-order valence-corrected chi connectivity index (χ3v) is 2.78. The molecule has 1 aliphatic rings. The van der Waals surface area contributed by atoms with Crippen molar-refractivity contribution in [3.8, 4) is 12.3 Å². The largest absolute Gasteiger partial charge is 0.344 e. The SMILES string of the molecule is C#CCNC(=O)C(C)NC1(C)CCC1. The number of hydrogen-bond donors (Lipinski definition) is 2. The number of nitrogens with one attached hydrogen (secondary N) is 2. The summed E-state index contributed by atoms with van der Waals surface area (Å²) >= 11 is 0. The molecule has 0 aromatic rings. The van der Waals surface area contributed by atoms with Gasteiger partial charge in [-0.2, -0.15) is 0 Å². The third-order valence-electron chi connectivity index (χ3n) is 2.78. The monoisotopic (exact) mass is 194 g/mol. The zero-order chi connectivity index (χ0) is 10.6. The van der Waals surface area contributed by atoms with Crippen molar-refractivity contribution < 1.29 is 4.79 Å². The van der Waals surface area contributed by atoms with Crippen LogP contribution < -0.4 is 10.6 Å². The zero-order valence-corrected chi connectivity index (χ0v) is 8.89. The lowest BCUT2D eigenvalue weighted by Crippen LogP contribution is -2.56. The maximum absolute atomic E-state index is 11.5. The molecule has 0 heterocycles. The molecule has 1 saturated carbocycles.